The Morgan fingerprint density at radius 3 is 2.79 bits per heavy atom. The maximum atomic E-state index is 13.0. The molecule has 0 saturated carbocycles. The Balaban J connectivity index is 1.62. The van der Waals surface area contributed by atoms with Gasteiger partial charge in [-0.1, -0.05) is 42.1 Å². The first-order valence-electron chi connectivity index (χ1n) is 9.33. The van der Waals surface area contributed by atoms with Gasteiger partial charge >= 0.3 is 0 Å². The normalized spacial score (nSPS) is 15.5. The van der Waals surface area contributed by atoms with Crippen LogP contribution in [0, 0.1) is 25.2 Å². The largest absolute Gasteiger partial charge is 0.308 e. The Bertz CT molecular complexity index is 1130. The van der Waals surface area contributed by atoms with E-state index in [1.165, 1.54) is 17.3 Å². The summed E-state index contributed by atoms with van der Waals surface area (Å²) in [6.07, 6.45) is 0.878. The van der Waals surface area contributed by atoms with Gasteiger partial charge in [-0.2, -0.15) is 5.26 Å². The average molecular weight is 388 g/mol. The van der Waals surface area contributed by atoms with Crippen LogP contribution < -0.4 is 4.90 Å². The number of aromatic nitrogens is 1. The number of nitriles is 1. The Morgan fingerprint density at radius 1 is 1.25 bits per heavy atom. The number of fused-ring (bicyclic) bond motifs is 2. The third-order valence-electron chi connectivity index (χ3n) is 5.30. The molecule has 1 aliphatic rings. The first-order valence-corrected chi connectivity index (χ1v) is 10.3. The maximum Gasteiger partial charge on any atom is 0.237 e. The van der Waals surface area contributed by atoms with Gasteiger partial charge in [0.2, 0.25) is 5.91 Å². The molecule has 3 aromatic rings. The molecule has 1 aliphatic heterocycles. The molecule has 0 N–H and O–H groups in total. The number of thioether (sulfide) groups is 1. The van der Waals surface area contributed by atoms with E-state index in [0.29, 0.717) is 10.6 Å². The van der Waals surface area contributed by atoms with Gasteiger partial charge in [0, 0.05) is 17.1 Å². The second kappa shape index (κ2) is 7.29. The molecule has 1 atom stereocenters. The minimum atomic E-state index is 0.0502. The number of hydrogen-bond donors (Lipinski definition) is 0. The van der Waals surface area contributed by atoms with Crippen LogP contribution in [0.15, 0.2) is 47.5 Å². The maximum absolute atomic E-state index is 13.0. The van der Waals surface area contributed by atoms with Crippen LogP contribution >= 0.6 is 11.8 Å². The second-order valence-electron chi connectivity index (χ2n) is 7.28. The van der Waals surface area contributed by atoms with Crippen molar-refractivity contribution >= 4 is 34.3 Å². The van der Waals surface area contributed by atoms with Crippen molar-refractivity contribution in [3.8, 4) is 6.07 Å². The fourth-order valence-electron chi connectivity index (χ4n) is 3.85. The average Bonchev–Trinajstić information content (AvgIpc) is 3.04. The second-order valence-corrected chi connectivity index (χ2v) is 8.25. The predicted molar refractivity (Wildman–Crippen MR) is 114 cm³/mol. The number of anilines is 1. The van der Waals surface area contributed by atoms with E-state index in [1.54, 1.807) is 0 Å². The molecule has 0 bridgehead atoms. The zero-order chi connectivity index (χ0) is 19.8. The van der Waals surface area contributed by atoms with E-state index < -0.39 is 0 Å². The van der Waals surface area contributed by atoms with Gasteiger partial charge < -0.3 is 4.90 Å². The number of aryl methyl sites for hydroxylation is 2. The molecule has 0 fully saturated rings. The first kappa shape index (κ1) is 18.5. The van der Waals surface area contributed by atoms with Crippen LogP contribution in [-0.4, -0.2) is 22.7 Å². The van der Waals surface area contributed by atoms with E-state index in [9.17, 15) is 10.1 Å². The molecule has 5 heteroatoms. The van der Waals surface area contributed by atoms with Gasteiger partial charge in [-0.25, -0.2) is 4.98 Å². The predicted octanol–water partition coefficient (Wildman–Crippen LogP) is 4.79. The Labute approximate surface area is 169 Å². The van der Waals surface area contributed by atoms with Gasteiger partial charge in [-0.15, -0.1) is 0 Å². The quantitative estimate of drug-likeness (QED) is 0.606. The number of para-hydroxylation sites is 1. The van der Waals surface area contributed by atoms with Gasteiger partial charge in [0.05, 0.1) is 16.8 Å². The number of amides is 1. The molecular formula is C23H21N3OS. The summed E-state index contributed by atoms with van der Waals surface area (Å²) in [5.74, 6) is 0.311. The summed E-state index contributed by atoms with van der Waals surface area (Å²) in [4.78, 5) is 19.6. The molecule has 0 unspecified atom stereocenters. The molecule has 4 nitrogen and oxygen atoms in total. The molecule has 140 valence electrons. The molecular weight excluding hydrogens is 366 g/mol. The van der Waals surface area contributed by atoms with E-state index in [4.69, 9.17) is 4.98 Å². The lowest BCUT2D eigenvalue weighted by Crippen LogP contribution is -2.37. The van der Waals surface area contributed by atoms with Crippen LogP contribution in [0.25, 0.3) is 10.9 Å². The lowest BCUT2D eigenvalue weighted by molar-refractivity contribution is -0.116. The number of hydrogen-bond acceptors (Lipinski definition) is 4. The van der Waals surface area contributed by atoms with Gasteiger partial charge in [0.15, 0.2) is 0 Å². The summed E-state index contributed by atoms with van der Waals surface area (Å²) in [6, 6.07) is 16.4. The number of nitrogens with zero attached hydrogens (tertiary/aromatic N) is 3. The molecule has 1 amide bonds. The molecule has 0 radical (unpaired) electrons. The minimum Gasteiger partial charge on any atom is -0.308 e. The van der Waals surface area contributed by atoms with Crippen molar-refractivity contribution in [2.24, 2.45) is 0 Å². The van der Waals surface area contributed by atoms with Crippen LogP contribution in [0.5, 0.6) is 0 Å². The Kier molecular flexibility index (Phi) is 4.82. The van der Waals surface area contributed by atoms with Crippen molar-refractivity contribution in [3.05, 3.63) is 64.7 Å². The van der Waals surface area contributed by atoms with Crippen molar-refractivity contribution in [3.63, 3.8) is 0 Å². The van der Waals surface area contributed by atoms with E-state index in [0.717, 1.165) is 34.1 Å². The molecule has 28 heavy (non-hydrogen) atoms. The van der Waals surface area contributed by atoms with Crippen LogP contribution in [0.2, 0.25) is 0 Å². The fraction of sp³-hybridized carbons (Fsp3) is 0.261. The standard InChI is InChI=1S/C23H21N3OS/c1-14-8-9-15(2)22-19(14)11-18(12-24)23(25-22)28-13-21(27)26-16(3)10-17-6-4-5-7-20(17)26/h4-9,11,16H,10,13H2,1-3H3/t16-/m1/s1. The summed E-state index contributed by atoms with van der Waals surface area (Å²) in [5.41, 5.74) is 5.79. The fourth-order valence-corrected chi connectivity index (χ4v) is 4.67. The monoisotopic (exact) mass is 387 g/mol. The van der Waals surface area contributed by atoms with E-state index in [2.05, 4.69) is 19.1 Å². The molecule has 2 heterocycles. The highest BCUT2D eigenvalue weighted by Crippen LogP contribution is 2.33. The summed E-state index contributed by atoms with van der Waals surface area (Å²) < 4.78 is 0. The zero-order valence-corrected chi connectivity index (χ0v) is 17.0. The van der Waals surface area contributed by atoms with Gasteiger partial charge in [0.25, 0.3) is 0 Å². The van der Waals surface area contributed by atoms with Crippen molar-refractivity contribution in [1.29, 1.82) is 5.26 Å². The number of rotatable bonds is 3. The molecule has 0 aliphatic carbocycles. The van der Waals surface area contributed by atoms with Crippen molar-refractivity contribution < 1.29 is 4.79 Å². The van der Waals surface area contributed by atoms with Gasteiger partial charge in [-0.3, -0.25) is 4.79 Å². The summed E-state index contributed by atoms with van der Waals surface area (Å²) >= 11 is 1.35. The lowest BCUT2D eigenvalue weighted by atomic mass is 10.0. The van der Waals surface area contributed by atoms with Crippen molar-refractivity contribution in [2.75, 3.05) is 10.7 Å². The lowest BCUT2D eigenvalue weighted by Gasteiger charge is -2.22. The van der Waals surface area contributed by atoms with Crippen molar-refractivity contribution in [2.45, 2.75) is 38.3 Å². The van der Waals surface area contributed by atoms with Crippen LogP contribution in [0.4, 0.5) is 5.69 Å². The highest BCUT2D eigenvalue weighted by atomic mass is 32.2. The molecule has 4 rings (SSSR count). The SMILES string of the molecule is Cc1ccc(C)c2nc(SCC(=O)N3c4ccccc4C[C@H]3C)c(C#N)cc12. The summed E-state index contributed by atoms with van der Waals surface area (Å²) in [7, 11) is 0. The van der Waals surface area contributed by atoms with E-state index in [-0.39, 0.29) is 17.7 Å². The number of pyridine rings is 1. The van der Waals surface area contributed by atoms with Crippen LogP contribution in [-0.2, 0) is 11.2 Å². The van der Waals surface area contributed by atoms with Crippen LogP contribution in [0.1, 0.15) is 29.2 Å². The summed E-state index contributed by atoms with van der Waals surface area (Å²) in [6.45, 7) is 6.11. The third-order valence-corrected chi connectivity index (χ3v) is 6.27. The Morgan fingerprint density at radius 2 is 2.00 bits per heavy atom. The molecule has 2 aromatic carbocycles. The van der Waals surface area contributed by atoms with E-state index in [1.807, 2.05) is 55.1 Å². The summed E-state index contributed by atoms with van der Waals surface area (Å²) in [5, 5.41) is 11.2. The highest BCUT2D eigenvalue weighted by Gasteiger charge is 2.30. The highest BCUT2D eigenvalue weighted by molar-refractivity contribution is 8.00. The molecule has 0 saturated heterocycles. The molecule has 0 spiro atoms. The number of carbonyl (C=O) groups excluding carboxylic acids is 1. The zero-order valence-electron chi connectivity index (χ0n) is 16.2. The number of carbonyl (C=O) groups is 1. The smallest absolute Gasteiger partial charge is 0.237 e. The third kappa shape index (κ3) is 3.14. The van der Waals surface area contributed by atoms with Gasteiger partial charge in [-0.05, 0) is 56.0 Å². The first-order chi connectivity index (χ1) is 13.5. The topological polar surface area (TPSA) is 57.0 Å². The van der Waals surface area contributed by atoms with Gasteiger partial charge in [0.1, 0.15) is 11.1 Å². The number of benzene rings is 2. The van der Waals surface area contributed by atoms with Crippen molar-refractivity contribution in [1.82, 2.24) is 4.98 Å². The van der Waals surface area contributed by atoms with E-state index >= 15 is 0 Å². The molecule has 1 aromatic heterocycles. The van der Waals surface area contributed by atoms with Crippen LogP contribution in [0.3, 0.4) is 0 Å². The Hall–Kier alpha value is -2.84. The minimum absolute atomic E-state index is 0.0502.